The van der Waals surface area contributed by atoms with Gasteiger partial charge in [0.05, 0.1) is 18.9 Å². The fourth-order valence-corrected chi connectivity index (χ4v) is 1.95. The maximum atomic E-state index is 5.67. The molecule has 1 aliphatic heterocycles. The smallest absolute Gasteiger partial charge is 0.0633 e. The summed E-state index contributed by atoms with van der Waals surface area (Å²) in [5.74, 6) is 0. The van der Waals surface area contributed by atoms with E-state index in [1.54, 1.807) is 0 Å². The number of anilines is 2. The molecule has 0 saturated carbocycles. The first kappa shape index (κ1) is 10.7. The molecule has 0 aromatic heterocycles. The average Bonchev–Trinajstić information content (AvgIpc) is 2.24. The van der Waals surface area contributed by atoms with E-state index in [1.165, 1.54) is 0 Å². The molecule has 5 heteroatoms. The fourth-order valence-electron chi connectivity index (χ4n) is 1.47. The summed E-state index contributed by atoms with van der Waals surface area (Å²) >= 11 is 3.47. The number of nitrogens with zero attached hydrogens (tertiary/aromatic N) is 1. The van der Waals surface area contributed by atoms with Gasteiger partial charge in [0.2, 0.25) is 0 Å². The maximum Gasteiger partial charge on any atom is 0.0633 e. The van der Waals surface area contributed by atoms with Crippen LogP contribution >= 0.6 is 15.9 Å². The third kappa shape index (κ3) is 2.84. The van der Waals surface area contributed by atoms with Gasteiger partial charge in [-0.25, -0.2) is 5.01 Å². The van der Waals surface area contributed by atoms with Crippen molar-refractivity contribution in [1.29, 1.82) is 0 Å². The Morgan fingerprint density at radius 2 is 2.07 bits per heavy atom. The molecule has 0 bridgehead atoms. The van der Waals surface area contributed by atoms with E-state index >= 15 is 0 Å². The van der Waals surface area contributed by atoms with E-state index in [9.17, 15) is 0 Å². The molecular formula is C10H14BrN3O. The monoisotopic (exact) mass is 271 g/mol. The van der Waals surface area contributed by atoms with Crippen LogP contribution in [0, 0.1) is 0 Å². The number of nitrogen functional groups attached to an aromatic ring is 1. The molecule has 3 N–H and O–H groups in total. The van der Waals surface area contributed by atoms with E-state index in [1.807, 2.05) is 18.2 Å². The van der Waals surface area contributed by atoms with Gasteiger partial charge in [0.25, 0.3) is 0 Å². The molecule has 0 aliphatic carbocycles. The van der Waals surface area contributed by atoms with Crippen molar-refractivity contribution < 1.29 is 4.74 Å². The molecule has 1 saturated heterocycles. The summed E-state index contributed by atoms with van der Waals surface area (Å²) in [6.07, 6.45) is 0. The van der Waals surface area contributed by atoms with E-state index < -0.39 is 0 Å². The third-order valence-corrected chi connectivity index (χ3v) is 2.94. The summed E-state index contributed by atoms with van der Waals surface area (Å²) in [7, 11) is 0. The second-order valence-electron chi connectivity index (χ2n) is 3.45. The molecule has 15 heavy (non-hydrogen) atoms. The van der Waals surface area contributed by atoms with Crippen LogP contribution < -0.4 is 11.2 Å². The number of nitrogens with one attached hydrogen (secondary N) is 1. The number of hydrogen-bond acceptors (Lipinski definition) is 4. The summed E-state index contributed by atoms with van der Waals surface area (Å²) in [5, 5.41) is 2.14. The molecule has 0 spiro atoms. The summed E-state index contributed by atoms with van der Waals surface area (Å²) in [4.78, 5) is 0. The first-order valence-electron chi connectivity index (χ1n) is 4.90. The molecule has 0 unspecified atom stereocenters. The van der Waals surface area contributed by atoms with E-state index in [0.29, 0.717) is 0 Å². The molecule has 1 heterocycles. The predicted molar refractivity (Wildman–Crippen MR) is 64.6 cm³/mol. The van der Waals surface area contributed by atoms with Crippen LogP contribution in [-0.4, -0.2) is 31.3 Å². The minimum absolute atomic E-state index is 0.759. The highest BCUT2D eigenvalue weighted by molar-refractivity contribution is 9.10. The molecule has 2 rings (SSSR count). The van der Waals surface area contributed by atoms with Crippen LogP contribution in [0.15, 0.2) is 22.7 Å². The lowest BCUT2D eigenvalue weighted by atomic mass is 10.3. The lowest BCUT2D eigenvalue weighted by Gasteiger charge is -2.28. The second-order valence-corrected chi connectivity index (χ2v) is 4.30. The van der Waals surface area contributed by atoms with Crippen molar-refractivity contribution in [3.63, 3.8) is 0 Å². The highest BCUT2D eigenvalue weighted by atomic mass is 79.9. The Labute approximate surface area is 97.5 Å². The number of hydrazine groups is 1. The standard InChI is InChI=1S/C10H14BrN3O/c11-9-7-8(12)1-2-10(9)13-14-3-5-15-6-4-14/h1-2,7,13H,3-6,12H2. The SMILES string of the molecule is Nc1ccc(NN2CCOCC2)c(Br)c1. The molecule has 82 valence electrons. The Balaban J connectivity index is 2.03. The Morgan fingerprint density at radius 3 is 2.73 bits per heavy atom. The number of benzene rings is 1. The zero-order valence-electron chi connectivity index (χ0n) is 8.37. The predicted octanol–water partition coefficient (Wildman–Crippen LogP) is 1.69. The van der Waals surface area contributed by atoms with Gasteiger partial charge in [-0.2, -0.15) is 0 Å². The van der Waals surface area contributed by atoms with Gasteiger partial charge in [0.15, 0.2) is 0 Å². The zero-order chi connectivity index (χ0) is 10.7. The molecule has 1 fully saturated rings. The van der Waals surface area contributed by atoms with Crippen molar-refractivity contribution >= 4 is 27.3 Å². The van der Waals surface area contributed by atoms with Crippen molar-refractivity contribution in [1.82, 2.24) is 5.01 Å². The number of ether oxygens (including phenoxy) is 1. The van der Waals surface area contributed by atoms with Crippen LogP contribution in [0.3, 0.4) is 0 Å². The summed E-state index contributed by atoms with van der Waals surface area (Å²) < 4.78 is 6.25. The third-order valence-electron chi connectivity index (χ3n) is 2.28. The van der Waals surface area contributed by atoms with Gasteiger partial charge in [-0.1, -0.05) is 0 Å². The van der Waals surface area contributed by atoms with Crippen LogP contribution in [0.1, 0.15) is 0 Å². The molecular weight excluding hydrogens is 258 g/mol. The molecule has 1 aromatic rings. The van der Waals surface area contributed by atoms with Gasteiger partial charge in [0, 0.05) is 23.2 Å². The summed E-state index contributed by atoms with van der Waals surface area (Å²) in [6.45, 7) is 3.35. The van der Waals surface area contributed by atoms with Crippen molar-refractivity contribution in [2.24, 2.45) is 0 Å². The molecule has 0 radical (unpaired) electrons. The minimum Gasteiger partial charge on any atom is -0.399 e. The quantitative estimate of drug-likeness (QED) is 0.804. The van der Waals surface area contributed by atoms with Gasteiger partial charge < -0.3 is 15.9 Å². The van der Waals surface area contributed by atoms with Crippen LogP contribution in [0.25, 0.3) is 0 Å². The molecule has 4 nitrogen and oxygen atoms in total. The van der Waals surface area contributed by atoms with Gasteiger partial charge >= 0.3 is 0 Å². The van der Waals surface area contributed by atoms with Crippen LogP contribution in [0.2, 0.25) is 0 Å². The van der Waals surface area contributed by atoms with E-state index in [0.717, 1.165) is 42.2 Å². The van der Waals surface area contributed by atoms with E-state index in [2.05, 4.69) is 26.4 Å². The fraction of sp³-hybridized carbons (Fsp3) is 0.400. The number of halogens is 1. The Morgan fingerprint density at radius 1 is 1.33 bits per heavy atom. The van der Waals surface area contributed by atoms with Crippen LogP contribution in [0.4, 0.5) is 11.4 Å². The Bertz CT molecular complexity index is 339. The summed E-state index contributed by atoms with van der Waals surface area (Å²) in [6, 6.07) is 5.74. The lowest BCUT2D eigenvalue weighted by Crippen LogP contribution is -2.40. The Kier molecular flexibility index (Phi) is 3.45. The van der Waals surface area contributed by atoms with Crippen molar-refractivity contribution in [2.45, 2.75) is 0 Å². The molecule has 1 aromatic carbocycles. The molecule has 0 atom stereocenters. The largest absolute Gasteiger partial charge is 0.399 e. The van der Waals surface area contributed by atoms with Crippen molar-refractivity contribution in [2.75, 3.05) is 37.5 Å². The number of nitrogens with two attached hydrogens (primary N) is 1. The van der Waals surface area contributed by atoms with Crippen LogP contribution in [0.5, 0.6) is 0 Å². The van der Waals surface area contributed by atoms with Gasteiger partial charge in [-0.3, -0.25) is 0 Å². The van der Waals surface area contributed by atoms with Crippen molar-refractivity contribution in [3.05, 3.63) is 22.7 Å². The normalized spacial score (nSPS) is 17.7. The van der Waals surface area contributed by atoms with Crippen LogP contribution in [-0.2, 0) is 4.74 Å². The number of hydrogen-bond donors (Lipinski definition) is 2. The Hall–Kier alpha value is -0.780. The highest BCUT2D eigenvalue weighted by Gasteiger charge is 2.11. The van der Waals surface area contributed by atoms with E-state index in [4.69, 9.17) is 10.5 Å². The molecule has 0 amide bonds. The van der Waals surface area contributed by atoms with E-state index in [-0.39, 0.29) is 0 Å². The topological polar surface area (TPSA) is 50.5 Å². The number of rotatable bonds is 2. The summed E-state index contributed by atoms with van der Waals surface area (Å²) in [5.41, 5.74) is 10.8. The first-order chi connectivity index (χ1) is 7.25. The van der Waals surface area contributed by atoms with Crippen molar-refractivity contribution in [3.8, 4) is 0 Å². The lowest BCUT2D eigenvalue weighted by molar-refractivity contribution is 0.0496. The first-order valence-corrected chi connectivity index (χ1v) is 5.69. The van der Waals surface area contributed by atoms with Gasteiger partial charge in [-0.15, -0.1) is 0 Å². The van der Waals surface area contributed by atoms with Gasteiger partial charge in [0.1, 0.15) is 0 Å². The highest BCUT2D eigenvalue weighted by Crippen LogP contribution is 2.25. The maximum absolute atomic E-state index is 5.67. The average molecular weight is 272 g/mol. The number of morpholine rings is 1. The molecule has 1 aliphatic rings. The minimum atomic E-state index is 0.759. The zero-order valence-corrected chi connectivity index (χ0v) is 9.96. The second kappa shape index (κ2) is 4.83. The van der Waals surface area contributed by atoms with Gasteiger partial charge in [-0.05, 0) is 34.1 Å².